The molecule has 25 valence electrons. The van der Waals surface area contributed by atoms with Crippen molar-refractivity contribution >= 4 is 8.60 Å². The van der Waals surface area contributed by atoms with Gasteiger partial charge in [0.2, 0.25) is 0 Å². The molecule has 0 atom stereocenters. The topological polar surface area (TPSA) is 63.2 Å². The minimum absolute atomic E-state index is 3.12. The quantitative estimate of drug-likeness (QED) is 0.379. The van der Waals surface area contributed by atoms with Crippen molar-refractivity contribution in [2.75, 3.05) is 0 Å². The van der Waals surface area contributed by atoms with Crippen LogP contribution in [0.5, 0.6) is 0 Å². The maximum absolute atomic E-state index is 8.59. The molecule has 0 spiro atoms. The Morgan fingerprint density at radius 3 is 2.00 bits per heavy atom. The lowest BCUT2D eigenvalue weighted by Gasteiger charge is -1.94. The molecule has 0 amide bonds. The van der Waals surface area contributed by atoms with Gasteiger partial charge in [0.25, 0.3) is 0 Å². The minimum atomic E-state index is -3.12. The third-order valence-electron chi connectivity index (χ3n) is 0. The Morgan fingerprint density at radius 2 is 2.00 bits per heavy atom. The molecule has 0 aliphatic rings. The van der Waals surface area contributed by atoms with E-state index in [0.717, 1.165) is 0 Å². The molecule has 0 aromatic carbocycles. The molecule has 4 heavy (non-hydrogen) atoms. The molecule has 1 radical (unpaired) electrons. The van der Waals surface area contributed by atoms with E-state index in [0.29, 0.717) is 0 Å². The summed E-state index contributed by atoms with van der Waals surface area (Å²) in [6, 6.07) is 0. The van der Waals surface area contributed by atoms with Gasteiger partial charge in [-0.05, 0) is 0 Å². The maximum atomic E-state index is 8.59. The first-order valence-electron chi connectivity index (χ1n) is 0.565. The molecule has 0 unspecified atom stereocenters. The second kappa shape index (κ2) is 1.61. The zero-order valence-corrected chi connectivity index (χ0v) is 2.61. The van der Waals surface area contributed by atoms with Gasteiger partial charge in [0.15, 0.2) is 0 Å². The molecular formula is HO3P-. The molecule has 0 bridgehead atoms. The summed E-state index contributed by atoms with van der Waals surface area (Å²) in [4.78, 5) is 24.2. The van der Waals surface area contributed by atoms with Crippen LogP contribution in [0.25, 0.3) is 0 Å². The SMILES string of the molecule is [O]P([O-])O. The van der Waals surface area contributed by atoms with Gasteiger partial charge in [0.1, 0.15) is 8.60 Å². The van der Waals surface area contributed by atoms with Crippen molar-refractivity contribution in [2.24, 2.45) is 0 Å². The Morgan fingerprint density at radius 1 is 2.00 bits per heavy atom. The summed E-state index contributed by atoms with van der Waals surface area (Å²) in [7, 11) is -3.12. The lowest BCUT2D eigenvalue weighted by molar-refractivity contribution is -0.199. The summed E-state index contributed by atoms with van der Waals surface area (Å²) in [6.45, 7) is 0. The standard InChI is InChI=1S/HO3P/c1-4(2)3/h1H/q-1. The molecule has 0 fully saturated rings. The van der Waals surface area contributed by atoms with Crippen LogP contribution in [0.4, 0.5) is 0 Å². The van der Waals surface area contributed by atoms with Crippen molar-refractivity contribution < 1.29 is 14.7 Å². The Balaban J connectivity index is 2.32. The molecule has 0 aromatic heterocycles. The van der Waals surface area contributed by atoms with Crippen molar-refractivity contribution in [1.82, 2.24) is 0 Å². The monoisotopic (exact) mass is 80.0 g/mol. The van der Waals surface area contributed by atoms with Crippen molar-refractivity contribution in [3.8, 4) is 0 Å². The predicted molar refractivity (Wildman–Crippen MR) is 9.83 cm³/mol. The fraction of sp³-hybridized carbons (Fsp3) is 0. The molecule has 0 aliphatic heterocycles. The molecule has 0 aromatic rings. The van der Waals surface area contributed by atoms with Gasteiger partial charge in [-0.15, -0.1) is 0 Å². The molecule has 3 nitrogen and oxygen atoms in total. The van der Waals surface area contributed by atoms with Gasteiger partial charge < -0.3 is 9.79 Å². The third kappa shape index (κ3) is 41.3. The zero-order chi connectivity index (χ0) is 3.58. The predicted octanol–water partition coefficient (Wildman–Crippen LogP) is -1.00. The molecule has 1 N–H and O–H groups in total. The Kier molecular flexibility index (Phi) is 1.74. The van der Waals surface area contributed by atoms with Gasteiger partial charge in [-0.25, -0.2) is 0 Å². The van der Waals surface area contributed by atoms with Gasteiger partial charge in [-0.1, -0.05) is 0 Å². The van der Waals surface area contributed by atoms with Crippen molar-refractivity contribution in [2.45, 2.75) is 0 Å². The first-order valence-corrected chi connectivity index (χ1v) is 1.70. The molecule has 0 rings (SSSR count). The van der Waals surface area contributed by atoms with Crippen LogP contribution in [-0.4, -0.2) is 4.89 Å². The maximum Gasteiger partial charge on any atom is 0.123 e. The molecule has 0 saturated carbocycles. The largest absolute Gasteiger partial charge is 0.784 e. The molecule has 0 saturated heterocycles. The van der Waals surface area contributed by atoms with E-state index in [1.165, 1.54) is 0 Å². The average molecular weight is 80.0 g/mol. The normalized spacial score (nSPS) is 9.00. The van der Waals surface area contributed by atoms with E-state index in [-0.39, 0.29) is 0 Å². The zero-order valence-electron chi connectivity index (χ0n) is 1.71. The summed E-state index contributed by atoms with van der Waals surface area (Å²) < 4.78 is 0. The molecule has 4 heteroatoms. The van der Waals surface area contributed by atoms with E-state index in [1.54, 1.807) is 0 Å². The average Bonchev–Trinajstić information content (AvgIpc) is 0.811. The van der Waals surface area contributed by atoms with E-state index < -0.39 is 8.60 Å². The minimum Gasteiger partial charge on any atom is -0.784 e. The molecular weight excluding hydrogens is 79.0 g/mol. The van der Waals surface area contributed by atoms with Crippen LogP contribution in [0.3, 0.4) is 0 Å². The Labute approximate surface area is 24.5 Å². The highest BCUT2D eigenvalue weighted by atomic mass is 31.2. The van der Waals surface area contributed by atoms with Gasteiger partial charge in [-0.2, -0.15) is 4.89 Å². The van der Waals surface area contributed by atoms with Crippen LogP contribution in [-0.2, 0) is 4.89 Å². The van der Waals surface area contributed by atoms with Crippen LogP contribution in [0.2, 0.25) is 0 Å². The summed E-state index contributed by atoms with van der Waals surface area (Å²) in [5.41, 5.74) is 0. The highest BCUT2D eigenvalue weighted by molar-refractivity contribution is 7.36. The van der Waals surface area contributed by atoms with E-state index in [9.17, 15) is 0 Å². The van der Waals surface area contributed by atoms with Crippen LogP contribution in [0, 0.1) is 0 Å². The van der Waals surface area contributed by atoms with Crippen molar-refractivity contribution in [3.63, 3.8) is 0 Å². The number of rotatable bonds is 0. The number of hydrogen-bond donors (Lipinski definition) is 1. The smallest absolute Gasteiger partial charge is 0.123 e. The van der Waals surface area contributed by atoms with Crippen LogP contribution >= 0.6 is 8.60 Å². The van der Waals surface area contributed by atoms with Crippen molar-refractivity contribution in [1.29, 1.82) is 0 Å². The second-order valence-electron chi connectivity index (χ2n) is 0.238. The first kappa shape index (κ1) is 4.31. The van der Waals surface area contributed by atoms with E-state index in [4.69, 9.17) is 14.7 Å². The molecule has 0 heterocycles. The van der Waals surface area contributed by atoms with Gasteiger partial charge in [0, 0.05) is 0 Å². The van der Waals surface area contributed by atoms with E-state index in [1.807, 2.05) is 0 Å². The van der Waals surface area contributed by atoms with Crippen molar-refractivity contribution in [3.05, 3.63) is 0 Å². The highest BCUT2D eigenvalue weighted by Gasteiger charge is 1.61. The first-order chi connectivity index (χ1) is 1.73. The van der Waals surface area contributed by atoms with E-state index >= 15 is 0 Å². The van der Waals surface area contributed by atoms with Crippen LogP contribution in [0.15, 0.2) is 0 Å². The highest BCUT2D eigenvalue weighted by Crippen LogP contribution is 2.06. The Hall–Kier alpha value is 0.310. The van der Waals surface area contributed by atoms with Gasteiger partial charge in [-0.3, -0.25) is 0 Å². The van der Waals surface area contributed by atoms with Crippen LogP contribution in [0.1, 0.15) is 0 Å². The lowest BCUT2D eigenvalue weighted by atomic mass is 15.8. The summed E-state index contributed by atoms with van der Waals surface area (Å²) >= 11 is 0. The third-order valence-corrected chi connectivity index (χ3v) is 0. The fourth-order valence-corrected chi connectivity index (χ4v) is 0. The molecule has 0 aliphatic carbocycles. The van der Waals surface area contributed by atoms with Crippen LogP contribution < -0.4 is 4.89 Å². The summed E-state index contributed by atoms with van der Waals surface area (Å²) in [6.07, 6.45) is 0. The van der Waals surface area contributed by atoms with Gasteiger partial charge >= 0.3 is 0 Å². The number of hydrogen-bond acceptors (Lipinski definition) is 2. The van der Waals surface area contributed by atoms with E-state index in [2.05, 4.69) is 0 Å². The fourth-order valence-electron chi connectivity index (χ4n) is 0. The van der Waals surface area contributed by atoms with Gasteiger partial charge in [0.05, 0.1) is 0 Å². The second-order valence-corrected chi connectivity index (χ2v) is 0.714. The lowest BCUT2D eigenvalue weighted by Crippen LogP contribution is -1.85. The Bertz CT molecular complexity index is 8.00. The summed E-state index contributed by atoms with van der Waals surface area (Å²) in [5, 5.41) is 0. The summed E-state index contributed by atoms with van der Waals surface area (Å²) in [5.74, 6) is 0.